The Bertz CT molecular complexity index is 2360. The van der Waals surface area contributed by atoms with Gasteiger partial charge in [-0.2, -0.15) is 0 Å². The van der Waals surface area contributed by atoms with E-state index in [-0.39, 0.29) is 24.0 Å². The fraction of sp³-hybridized carbons (Fsp3) is 0.273. The molecule has 3 N–H and O–H groups in total. The van der Waals surface area contributed by atoms with Gasteiger partial charge in [-0.15, -0.1) is 36.8 Å². The molecule has 0 unspecified atom stereocenters. The van der Waals surface area contributed by atoms with E-state index in [0.717, 1.165) is 27.7 Å². The third-order valence-electron chi connectivity index (χ3n) is 7.88. The molecule has 6 aromatic rings. The van der Waals surface area contributed by atoms with Crippen molar-refractivity contribution in [2.45, 2.75) is 0 Å². The van der Waals surface area contributed by atoms with Gasteiger partial charge in [0.1, 0.15) is 50.1 Å². The Morgan fingerprint density at radius 1 is 0.603 bits per heavy atom. The van der Waals surface area contributed by atoms with E-state index >= 15 is 0 Å². The van der Waals surface area contributed by atoms with Gasteiger partial charge in [0.05, 0.1) is 37.5 Å². The molecule has 0 fully saturated rings. The number of nitrogens with two attached hydrogens (primary N) is 1. The van der Waals surface area contributed by atoms with E-state index in [1.54, 1.807) is 52.7 Å². The Labute approximate surface area is 420 Å². The second-order valence-electron chi connectivity index (χ2n) is 12.1. The van der Waals surface area contributed by atoms with Crippen LogP contribution in [0.15, 0.2) is 85.5 Å². The topological polar surface area (TPSA) is 163 Å². The fourth-order valence-corrected chi connectivity index (χ4v) is 5.23. The number of terminal acetylenes is 2. The summed E-state index contributed by atoms with van der Waals surface area (Å²) in [4.78, 5) is 16.9. The predicted molar refractivity (Wildman–Crippen MR) is 273 cm³/mol. The summed E-state index contributed by atoms with van der Waals surface area (Å²) in [7, 11) is 6.48. The number of nitrogens with one attached hydrogen (secondary N) is 1. The fourth-order valence-electron chi connectivity index (χ4n) is 5.04. The van der Waals surface area contributed by atoms with Crippen molar-refractivity contribution in [1.82, 2.24) is 19.9 Å². The second kappa shape index (κ2) is 33.1. The van der Waals surface area contributed by atoms with Crippen LogP contribution in [0.1, 0.15) is 11.1 Å². The first-order chi connectivity index (χ1) is 30.2. The monoisotopic (exact) mass is 1330 g/mol. The minimum atomic E-state index is 0. The van der Waals surface area contributed by atoms with Gasteiger partial charge in [0, 0.05) is 73.8 Å². The molecule has 0 spiro atoms. The van der Waals surface area contributed by atoms with Gasteiger partial charge in [-0.3, -0.25) is 0 Å². The number of benzene rings is 4. The first kappa shape index (κ1) is 55.7. The number of nitrogens with zero attached hydrogens (tertiary/aromatic N) is 4. The van der Waals surface area contributed by atoms with E-state index in [1.165, 1.54) is 12.7 Å². The quantitative estimate of drug-likeness (QED) is 0.0321. The number of nitrogen functional groups attached to an aromatic ring is 1. The maximum absolute atomic E-state index is 6.08. The molecule has 0 saturated carbocycles. The number of fused-ring (bicyclic) bond motifs is 2. The standard InChI is InChI=1S/C22H23N3O4.C14H17ClN2O4.C8H7N.I3.HI/c1-4-16-6-5-7-17(12-16)25-22-18-13-20(28-10-8-26-2)21(29-11-9-27-3)14-19(18)23-15-24-22;1-18-3-5-20-12-7-10-11(16-9-17-14(10)15)8-13(12)21-6-4-19-2;1-2-7-4-3-5-8(9)6-7;1-3-2;/h1,5-7,12-15H,8-11H2,2-3H3,(H,23,24,25);7-9H,3-6H2,1-2H3;1,3-6H,9H2;;1H/q;;;-1;. The van der Waals surface area contributed by atoms with Gasteiger partial charge in [-0.25, -0.2) is 19.9 Å². The van der Waals surface area contributed by atoms with Crippen LogP contribution in [0.4, 0.5) is 17.2 Å². The summed E-state index contributed by atoms with van der Waals surface area (Å²) >= 11 is 11.4. The number of rotatable bonds is 18. The van der Waals surface area contributed by atoms with Crippen LogP contribution in [0.25, 0.3) is 21.8 Å². The Morgan fingerprint density at radius 2 is 1.03 bits per heavy atom. The van der Waals surface area contributed by atoms with Crippen molar-refractivity contribution < 1.29 is 51.2 Å². The molecule has 0 aliphatic heterocycles. The number of hydrogen-bond acceptors (Lipinski definition) is 14. The maximum atomic E-state index is 6.08. The second-order valence-corrected chi connectivity index (χ2v) is 28.7. The van der Waals surface area contributed by atoms with Gasteiger partial charge < -0.3 is 48.9 Å². The summed E-state index contributed by atoms with van der Waals surface area (Å²) in [5, 5.41) is 5.19. The summed E-state index contributed by atoms with van der Waals surface area (Å²) in [5.74, 6) is 8.10. The van der Waals surface area contributed by atoms with E-state index in [9.17, 15) is 0 Å². The van der Waals surface area contributed by atoms with Gasteiger partial charge in [0.25, 0.3) is 0 Å². The van der Waals surface area contributed by atoms with Crippen molar-refractivity contribution >= 4 is 112 Å². The molecular weight excluding hydrogens is 1280 g/mol. The Balaban J connectivity index is 0.000000349. The zero-order chi connectivity index (χ0) is 45.0. The first-order valence-electron chi connectivity index (χ1n) is 18.5. The third kappa shape index (κ3) is 20.1. The van der Waals surface area contributed by atoms with E-state index in [2.05, 4.69) is 74.3 Å². The van der Waals surface area contributed by atoms with Gasteiger partial charge in [-0.1, -0.05) is 35.6 Å². The van der Waals surface area contributed by atoms with Crippen LogP contribution in [-0.2, 0) is 18.9 Å². The number of halogens is 5. The van der Waals surface area contributed by atoms with Crippen LogP contribution in [-0.4, -0.2) is 101 Å². The van der Waals surface area contributed by atoms with Crippen molar-refractivity contribution in [2.75, 3.05) is 92.3 Å². The molecule has 2 aromatic heterocycles. The molecule has 0 saturated heterocycles. The number of anilines is 3. The molecule has 14 nitrogen and oxygen atoms in total. The Morgan fingerprint density at radius 3 is 1.49 bits per heavy atom. The number of aromatic nitrogens is 4. The van der Waals surface area contributed by atoms with E-state index in [1.807, 2.05) is 48.5 Å². The van der Waals surface area contributed by atoms with Crippen LogP contribution >= 0.6 is 72.8 Å². The SMILES string of the molecule is C#Cc1cccc(N)c1.C#Cc1cccc(Nc2ncnc3cc(OCCOC)c(OCCOC)cc23)c1.COCCOc1cc2ncnc(Cl)c2cc1OCCOC.I.I[I-]I. The van der Waals surface area contributed by atoms with E-state index in [0.29, 0.717) is 117 Å². The van der Waals surface area contributed by atoms with Crippen LogP contribution in [0, 0.1) is 24.7 Å². The summed E-state index contributed by atoms with van der Waals surface area (Å²) < 4.78 is 43.1. The summed E-state index contributed by atoms with van der Waals surface area (Å²) in [6, 6.07) is 22.1. The Kier molecular flexibility index (Phi) is 29.2. The molecule has 0 atom stereocenters. The minimum absolute atomic E-state index is 0. The number of hydrogen-bond donors (Lipinski definition) is 2. The van der Waals surface area contributed by atoms with E-state index in [4.69, 9.17) is 68.1 Å². The number of ether oxygens (including phenoxy) is 8. The normalized spacial score (nSPS) is 9.98. The molecule has 0 bridgehead atoms. The van der Waals surface area contributed by atoms with Gasteiger partial charge in [-0.05, 0) is 48.5 Å². The number of methoxy groups -OCH3 is 4. The summed E-state index contributed by atoms with van der Waals surface area (Å²) in [5.41, 5.74) is 10.0. The molecule has 19 heteroatoms. The van der Waals surface area contributed by atoms with Crippen molar-refractivity contribution in [3.05, 3.63) is 102 Å². The van der Waals surface area contributed by atoms with E-state index < -0.39 is 0 Å². The van der Waals surface area contributed by atoms with Gasteiger partial charge in [0.15, 0.2) is 23.0 Å². The van der Waals surface area contributed by atoms with Crippen molar-refractivity contribution in [3.8, 4) is 47.7 Å². The molecule has 0 radical (unpaired) electrons. The summed E-state index contributed by atoms with van der Waals surface area (Å²) in [6.45, 7) is 3.52. The van der Waals surface area contributed by atoms with Crippen LogP contribution in [0.2, 0.25) is 5.15 Å². The first-order valence-corrected chi connectivity index (χ1v) is 31.4. The molecule has 2 heterocycles. The molecule has 0 amide bonds. The predicted octanol–water partition coefficient (Wildman–Crippen LogP) is 6.38. The molecule has 4 aromatic carbocycles. The average molecular weight is 1330 g/mol. The Hall–Kier alpha value is -3.47. The molecule has 338 valence electrons. The average Bonchev–Trinajstić information content (AvgIpc) is 3.28. The molecule has 0 aliphatic carbocycles. The van der Waals surface area contributed by atoms with Crippen molar-refractivity contribution in [2.24, 2.45) is 0 Å². The summed E-state index contributed by atoms with van der Waals surface area (Å²) in [6.07, 6.45) is 13.5. The molecule has 63 heavy (non-hydrogen) atoms. The zero-order valence-electron chi connectivity index (χ0n) is 34.9. The molecule has 6 rings (SSSR count). The van der Waals surface area contributed by atoms with Crippen molar-refractivity contribution in [3.63, 3.8) is 0 Å². The zero-order valence-corrected chi connectivity index (χ0v) is 44.5. The van der Waals surface area contributed by atoms with Crippen LogP contribution in [0.5, 0.6) is 23.0 Å². The van der Waals surface area contributed by atoms with Gasteiger partial charge >= 0.3 is 50.5 Å². The molecule has 0 aliphatic rings. The third-order valence-corrected chi connectivity index (χ3v) is 8.18. The van der Waals surface area contributed by atoms with Crippen LogP contribution in [0.3, 0.4) is 0 Å². The molecular formula is C44H48ClI4N6O8-. The van der Waals surface area contributed by atoms with Gasteiger partial charge in [0.2, 0.25) is 0 Å². The van der Waals surface area contributed by atoms with Crippen molar-refractivity contribution in [1.29, 1.82) is 0 Å². The van der Waals surface area contributed by atoms with Crippen LogP contribution < -0.4 is 43.3 Å².